The molecule has 0 saturated heterocycles. The van der Waals surface area contributed by atoms with Gasteiger partial charge in [-0.2, -0.15) is 0 Å². The van der Waals surface area contributed by atoms with E-state index in [4.69, 9.17) is 31.0 Å². The molecule has 57 heavy (non-hydrogen) atoms. The van der Waals surface area contributed by atoms with Crippen molar-refractivity contribution in [3.63, 3.8) is 0 Å². The Kier molecular flexibility index (Phi) is 8.02. The average molecular weight is 768 g/mol. The van der Waals surface area contributed by atoms with Crippen LogP contribution in [0.1, 0.15) is 0 Å². The molecule has 0 bridgehead atoms. The van der Waals surface area contributed by atoms with E-state index in [-0.39, 0.29) is 0 Å². The van der Waals surface area contributed by atoms with Crippen molar-refractivity contribution in [1.82, 2.24) is 15.0 Å². The van der Waals surface area contributed by atoms with E-state index in [1.54, 1.807) is 11.3 Å². The number of aromatic nitrogens is 3. The highest BCUT2D eigenvalue weighted by atomic mass is 35.5. The molecule has 6 heteroatoms. The van der Waals surface area contributed by atoms with E-state index in [0.717, 1.165) is 66.4 Å². The number of halogens is 1. The summed E-state index contributed by atoms with van der Waals surface area (Å²) in [6.45, 7) is 0. The molecule has 0 amide bonds. The minimum atomic E-state index is 0.563. The number of furan rings is 1. The molecule has 11 rings (SSSR count). The zero-order valence-electron chi connectivity index (χ0n) is 30.4. The molecule has 0 aliphatic heterocycles. The van der Waals surface area contributed by atoms with Crippen LogP contribution in [0.5, 0.6) is 0 Å². The molecule has 0 radical (unpaired) electrons. The Morgan fingerprint density at radius 1 is 0.368 bits per heavy atom. The summed E-state index contributed by atoms with van der Waals surface area (Å²) in [6.07, 6.45) is 0. The minimum absolute atomic E-state index is 0.563. The highest BCUT2D eigenvalue weighted by Crippen LogP contribution is 2.43. The average Bonchev–Trinajstić information content (AvgIpc) is 3.84. The molecule has 0 saturated carbocycles. The van der Waals surface area contributed by atoms with Crippen molar-refractivity contribution in [3.8, 4) is 67.5 Å². The second-order valence-electron chi connectivity index (χ2n) is 14.1. The third-order valence-electron chi connectivity index (χ3n) is 10.7. The zero-order valence-corrected chi connectivity index (χ0v) is 31.9. The molecule has 0 atom stereocenters. The quantitative estimate of drug-likeness (QED) is 0.169. The van der Waals surface area contributed by atoms with Crippen molar-refractivity contribution in [2.24, 2.45) is 0 Å². The maximum Gasteiger partial charge on any atom is 0.164 e. The van der Waals surface area contributed by atoms with E-state index in [1.165, 1.54) is 20.2 Å². The zero-order chi connectivity index (χ0) is 37.9. The lowest BCUT2D eigenvalue weighted by Crippen LogP contribution is -2.00. The molecule has 3 aromatic heterocycles. The molecule has 3 heterocycles. The summed E-state index contributed by atoms with van der Waals surface area (Å²) in [4.78, 5) is 15.6. The second-order valence-corrected chi connectivity index (χ2v) is 15.6. The SMILES string of the molecule is Clc1cc2oc3cccc(-c4nc(-c5ccc(-c6ccccc6)cc5)nc(-c5ccc6c(c5)sc5ccccc56)n4)c3c2cc1-c1ccccc1-c1ccccc1. The van der Waals surface area contributed by atoms with Gasteiger partial charge >= 0.3 is 0 Å². The molecule has 0 aliphatic rings. The summed E-state index contributed by atoms with van der Waals surface area (Å²) in [5, 5.41) is 4.95. The minimum Gasteiger partial charge on any atom is -0.456 e. The van der Waals surface area contributed by atoms with Crippen molar-refractivity contribution in [3.05, 3.63) is 187 Å². The number of hydrogen-bond acceptors (Lipinski definition) is 5. The first-order valence-corrected chi connectivity index (χ1v) is 20.0. The Morgan fingerprint density at radius 2 is 0.965 bits per heavy atom. The van der Waals surface area contributed by atoms with E-state index in [1.807, 2.05) is 30.3 Å². The van der Waals surface area contributed by atoms with Crippen molar-refractivity contribution in [1.29, 1.82) is 0 Å². The molecule has 0 fully saturated rings. The van der Waals surface area contributed by atoms with E-state index < -0.39 is 0 Å². The van der Waals surface area contributed by atoms with E-state index >= 15 is 0 Å². The van der Waals surface area contributed by atoms with E-state index in [9.17, 15) is 0 Å². The summed E-state index contributed by atoms with van der Waals surface area (Å²) in [5.74, 6) is 1.76. The van der Waals surface area contributed by atoms with Gasteiger partial charge in [0.05, 0.1) is 5.02 Å². The fraction of sp³-hybridized carbons (Fsp3) is 0. The van der Waals surface area contributed by atoms with Gasteiger partial charge in [0.15, 0.2) is 17.5 Å². The Morgan fingerprint density at radius 3 is 1.77 bits per heavy atom. The molecular formula is C51H30ClN3OS. The molecule has 4 nitrogen and oxygen atoms in total. The molecule has 0 unspecified atom stereocenters. The number of fused-ring (bicyclic) bond motifs is 6. The Hall–Kier alpha value is -6.92. The van der Waals surface area contributed by atoms with Gasteiger partial charge in [-0.15, -0.1) is 11.3 Å². The van der Waals surface area contributed by atoms with Crippen LogP contribution in [0, 0.1) is 0 Å². The van der Waals surface area contributed by atoms with Gasteiger partial charge in [-0.3, -0.25) is 0 Å². The molecule has 0 N–H and O–H groups in total. The fourth-order valence-corrected chi connectivity index (χ4v) is 9.29. The standard InChI is InChI=1S/C51H30ClN3OS/c52-43-30-45-42(29-41(43)37-17-8-7-16-36(37)33-14-5-2-6-15-33)48-40(19-11-20-44(48)56-45)51-54-49(34-24-22-32(23-25-34)31-12-3-1-4-13-31)53-50(55-51)35-26-27-39-38-18-9-10-21-46(38)57-47(39)28-35/h1-30H. The van der Waals surface area contributed by atoms with Crippen LogP contribution in [-0.4, -0.2) is 15.0 Å². The van der Waals surface area contributed by atoms with Gasteiger partial charge in [-0.25, -0.2) is 15.0 Å². The summed E-state index contributed by atoms with van der Waals surface area (Å²) in [7, 11) is 0. The third kappa shape index (κ3) is 5.87. The van der Waals surface area contributed by atoms with Crippen molar-refractivity contribution in [2.75, 3.05) is 0 Å². The highest BCUT2D eigenvalue weighted by molar-refractivity contribution is 7.25. The fourth-order valence-electron chi connectivity index (χ4n) is 7.89. The normalized spacial score (nSPS) is 11.6. The van der Waals surface area contributed by atoms with Crippen LogP contribution in [-0.2, 0) is 0 Å². The monoisotopic (exact) mass is 767 g/mol. The molecule has 11 aromatic rings. The molecular weight excluding hydrogens is 738 g/mol. The number of nitrogens with zero attached hydrogens (tertiary/aromatic N) is 3. The largest absolute Gasteiger partial charge is 0.456 e. The Balaban J connectivity index is 1.11. The van der Waals surface area contributed by atoms with Crippen LogP contribution in [0.25, 0.3) is 110 Å². The lowest BCUT2D eigenvalue weighted by atomic mass is 9.93. The lowest BCUT2D eigenvalue weighted by Gasteiger charge is -2.12. The van der Waals surface area contributed by atoms with Crippen molar-refractivity contribution < 1.29 is 4.42 Å². The summed E-state index contributed by atoms with van der Waals surface area (Å²) in [6, 6.07) is 62.8. The van der Waals surface area contributed by atoms with Gasteiger partial charge in [0, 0.05) is 59.3 Å². The molecule has 8 aromatic carbocycles. The Bertz CT molecular complexity index is 3300. The number of thiophene rings is 1. The van der Waals surface area contributed by atoms with Crippen LogP contribution in [0.3, 0.4) is 0 Å². The predicted molar refractivity (Wildman–Crippen MR) is 238 cm³/mol. The van der Waals surface area contributed by atoms with E-state index in [2.05, 4.69) is 152 Å². The molecule has 268 valence electrons. The first-order chi connectivity index (χ1) is 28.1. The maximum absolute atomic E-state index is 7.08. The highest BCUT2D eigenvalue weighted by Gasteiger charge is 2.21. The van der Waals surface area contributed by atoms with Crippen molar-refractivity contribution >= 4 is 65.0 Å². The first-order valence-electron chi connectivity index (χ1n) is 18.8. The van der Waals surface area contributed by atoms with Gasteiger partial charge in [0.1, 0.15) is 11.2 Å². The smallest absolute Gasteiger partial charge is 0.164 e. The topological polar surface area (TPSA) is 51.8 Å². The maximum atomic E-state index is 7.08. The summed E-state index contributed by atoms with van der Waals surface area (Å²) >= 11 is 8.87. The first kappa shape index (κ1) is 33.4. The number of benzene rings is 8. The van der Waals surface area contributed by atoms with Crippen LogP contribution in [0.4, 0.5) is 0 Å². The van der Waals surface area contributed by atoms with Gasteiger partial charge < -0.3 is 4.42 Å². The second kappa shape index (κ2) is 13.7. The van der Waals surface area contributed by atoms with Crippen LogP contribution in [0.15, 0.2) is 186 Å². The van der Waals surface area contributed by atoms with Gasteiger partial charge in [0.2, 0.25) is 0 Å². The third-order valence-corrected chi connectivity index (χ3v) is 12.1. The van der Waals surface area contributed by atoms with Crippen LogP contribution in [0.2, 0.25) is 5.02 Å². The van der Waals surface area contributed by atoms with Gasteiger partial charge in [-0.1, -0.05) is 163 Å². The number of rotatable bonds is 6. The van der Waals surface area contributed by atoms with Gasteiger partial charge in [-0.05, 0) is 52.1 Å². The van der Waals surface area contributed by atoms with Crippen LogP contribution >= 0.6 is 22.9 Å². The molecule has 0 spiro atoms. The molecule has 0 aliphatic carbocycles. The van der Waals surface area contributed by atoms with Gasteiger partial charge in [0.25, 0.3) is 0 Å². The summed E-state index contributed by atoms with van der Waals surface area (Å²) in [5.41, 5.74) is 10.6. The summed E-state index contributed by atoms with van der Waals surface area (Å²) < 4.78 is 8.95. The predicted octanol–water partition coefficient (Wildman–Crippen LogP) is 14.8. The van der Waals surface area contributed by atoms with E-state index in [0.29, 0.717) is 28.1 Å². The number of hydrogen-bond donors (Lipinski definition) is 0. The van der Waals surface area contributed by atoms with Crippen LogP contribution < -0.4 is 0 Å². The van der Waals surface area contributed by atoms with Crippen molar-refractivity contribution in [2.45, 2.75) is 0 Å². The lowest BCUT2D eigenvalue weighted by molar-refractivity contribution is 0.669. The Labute approximate surface area is 337 Å².